The predicted molar refractivity (Wildman–Crippen MR) is 95.3 cm³/mol. The van der Waals surface area contributed by atoms with E-state index < -0.39 is 0 Å². The average molecular weight is 361 g/mol. The van der Waals surface area contributed by atoms with E-state index in [-0.39, 0.29) is 12.5 Å². The third-order valence-electron chi connectivity index (χ3n) is 4.85. The third kappa shape index (κ3) is 4.50. The standard InChI is InChI=1S/C18H27N5O3/c1-13-17(14(2)26-21-13)11-22-8-15(4-6-19-18(24)12-25-3)9-23-16(10-22)5-7-20-23/h5,7,15H,4,6,8-12H2,1-3H3,(H,19,24)/t15-/m1/s1. The predicted octanol–water partition coefficient (Wildman–Crippen LogP) is 1.27. The van der Waals surface area contributed by atoms with Crippen LogP contribution in [-0.2, 0) is 29.2 Å². The van der Waals surface area contributed by atoms with Gasteiger partial charge in [-0.2, -0.15) is 5.10 Å². The quantitative estimate of drug-likeness (QED) is 0.799. The van der Waals surface area contributed by atoms with Crippen molar-refractivity contribution in [1.29, 1.82) is 0 Å². The lowest BCUT2D eigenvalue weighted by Gasteiger charge is -2.24. The second kappa shape index (κ2) is 8.46. The van der Waals surface area contributed by atoms with Crippen LogP contribution in [0.15, 0.2) is 16.8 Å². The summed E-state index contributed by atoms with van der Waals surface area (Å²) < 4.78 is 12.2. The van der Waals surface area contributed by atoms with E-state index in [4.69, 9.17) is 9.26 Å². The molecule has 3 rings (SSSR count). The highest BCUT2D eigenvalue weighted by Crippen LogP contribution is 2.22. The maximum Gasteiger partial charge on any atom is 0.245 e. The highest BCUT2D eigenvalue weighted by Gasteiger charge is 2.24. The van der Waals surface area contributed by atoms with E-state index in [9.17, 15) is 4.79 Å². The summed E-state index contributed by atoms with van der Waals surface area (Å²) in [4.78, 5) is 14.0. The van der Waals surface area contributed by atoms with Gasteiger partial charge in [0.1, 0.15) is 12.4 Å². The van der Waals surface area contributed by atoms with E-state index >= 15 is 0 Å². The molecule has 2 aromatic heterocycles. The van der Waals surface area contributed by atoms with Gasteiger partial charge in [0.15, 0.2) is 0 Å². The van der Waals surface area contributed by atoms with Gasteiger partial charge >= 0.3 is 0 Å². The zero-order chi connectivity index (χ0) is 18.5. The molecule has 1 aliphatic heterocycles. The Morgan fingerprint density at radius 2 is 2.27 bits per heavy atom. The summed E-state index contributed by atoms with van der Waals surface area (Å²) >= 11 is 0. The number of rotatable bonds is 7. The van der Waals surface area contributed by atoms with Gasteiger partial charge in [-0.3, -0.25) is 14.4 Å². The Bertz CT molecular complexity index is 720. The fraction of sp³-hybridized carbons (Fsp3) is 0.611. The molecule has 26 heavy (non-hydrogen) atoms. The Kier molecular flexibility index (Phi) is 6.05. The molecule has 0 fully saturated rings. The van der Waals surface area contributed by atoms with Crippen molar-refractivity contribution >= 4 is 5.91 Å². The second-order valence-electron chi connectivity index (χ2n) is 6.91. The summed E-state index contributed by atoms with van der Waals surface area (Å²) in [6.45, 7) is 8.13. The first-order valence-electron chi connectivity index (χ1n) is 8.97. The van der Waals surface area contributed by atoms with Gasteiger partial charge in [-0.1, -0.05) is 5.16 Å². The van der Waals surface area contributed by atoms with E-state index in [2.05, 4.69) is 31.2 Å². The minimum atomic E-state index is -0.0755. The number of nitrogens with one attached hydrogen (secondary N) is 1. The van der Waals surface area contributed by atoms with Crippen LogP contribution in [-0.4, -0.2) is 52.6 Å². The largest absolute Gasteiger partial charge is 0.375 e. The zero-order valence-corrected chi connectivity index (χ0v) is 15.7. The molecule has 0 saturated carbocycles. The first-order valence-corrected chi connectivity index (χ1v) is 8.97. The number of methoxy groups -OCH3 is 1. The number of aromatic nitrogens is 3. The van der Waals surface area contributed by atoms with Crippen molar-refractivity contribution in [3.63, 3.8) is 0 Å². The number of ether oxygens (including phenoxy) is 1. The van der Waals surface area contributed by atoms with Crippen LogP contribution in [0.4, 0.5) is 0 Å². The first kappa shape index (κ1) is 18.6. The van der Waals surface area contributed by atoms with Gasteiger partial charge < -0.3 is 14.6 Å². The van der Waals surface area contributed by atoms with Crippen molar-refractivity contribution in [2.24, 2.45) is 5.92 Å². The summed E-state index contributed by atoms with van der Waals surface area (Å²) in [6.07, 6.45) is 2.75. The summed E-state index contributed by atoms with van der Waals surface area (Å²) in [5.41, 5.74) is 3.32. The van der Waals surface area contributed by atoms with Crippen LogP contribution in [0.1, 0.15) is 29.1 Å². The van der Waals surface area contributed by atoms with Crippen molar-refractivity contribution in [2.75, 3.05) is 26.8 Å². The number of hydrogen-bond acceptors (Lipinski definition) is 6. The summed E-state index contributed by atoms with van der Waals surface area (Å²) in [6, 6.07) is 2.07. The minimum absolute atomic E-state index is 0.0755. The number of fused-ring (bicyclic) bond motifs is 1. The summed E-state index contributed by atoms with van der Waals surface area (Å²) in [5, 5.41) is 11.4. The Morgan fingerprint density at radius 3 is 3.00 bits per heavy atom. The molecule has 1 atom stereocenters. The fourth-order valence-corrected chi connectivity index (χ4v) is 3.47. The molecule has 142 valence electrons. The molecular weight excluding hydrogens is 334 g/mol. The summed E-state index contributed by atoms with van der Waals surface area (Å²) in [7, 11) is 1.52. The second-order valence-corrected chi connectivity index (χ2v) is 6.91. The molecule has 0 radical (unpaired) electrons. The maximum atomic E-state index is 11.6. The summed E-state index contributed by atoms with van der Waals surface area (Å²) in [5.74, 6) is 1.21. The molecule has 1 N–H and O–H groups in total. The lowest BCUT2D eigenvalue weighted by molar-refractivity contribution is -0.124. The average Bonchev–Trinajstić information content (AvgIpc) is 3.11. The minimum Gasteiger partial charge on any atom is -0.375 e. The molecule has 2 aromatic rings. The molecule has 8 nitrogen and oxygen atoms in total. The third-order valence-corrected chi connectivity index (χ3v) is 4.85. The van der Waals surface area contributed by atoms with Gasteiger partial charge in [0, 0.05) is 51.6 Å². The van der Waals surface area contributed by atoms with Crippen molar-refractivity contribution in [2.45, 2.75) is 39.9 Å². The number of hydrogen-bond donors (Lipinski definition) is 1. The van der Waals surface area contributed by atoms with Gasteiger partial charge in [-0.25, -0.2) is 0 Å². The number of carbonyl (C=O) groups excluding carboxylic acids is 1. The van der Waals surface area contributed by atoms with Crippen molar-refractivity contribution < 1.29 is 14.1 Å². The van der Waals surface area contributed by atoms with Gasteiger partial charge in [0.05, 0.1) is 11.4 Å². The van der Waals surface area contributed by atoms with E-state index in [0.29, 0.717) is 12.5 Å². The molecule has 0 spiro atoms. The van der Waals surface area contributed by atoms with Gasteiger partial charge in [-0.05, 0) is 32.3 Å². The normalized spacial score (nSPS) is 17.7. The van der Waals surface area contributed by atoms with E-state index in [1.807, 2.05) is 20.0 Å². The van der Waals surface area contributed by atoms with Crippen LogP contribution in [0.3, 0.4) is 0 Å². The van der Waals surface area contributed by atoms with Crippen LogP contribution >= 0.6 is 0 Å². The Morgan fingerprint density at radius 1 is 1.42 bits per heavy atom. The van der Waals surface area contributed by atoms with Gasteiger partial charge in [0.2, 0.25) is 5.91 Å². The number of aryl methyl sites for hydroxylation is 2. The molecule has 0 aliphatic carbocycles. The van der Waals surface area contributed by atoms with Crippen molar-refractivity contribution in [3.8, 4) is 0 Å². The van der Waals surface area contributed by atoms with Crippen LogP contribution < -0.4 is 5.32 Å². The van der Waals surface area contributed by atoms with E-state index in [0.717, 1.165) is 49.6 Å². The Balaban J connectivity index is 1.65. The first-order chi connectivity index (χ1) is 12.6. The van der Waals surface area contributed by atoms with E-state index in [1.165, 1.54) is 12.8 Å². The van der Waals surface area contributed by atoms with Crippen LogP contribution in [0.2, 0.25) is 0 Å². The smallest absolute Gasteiger partial charge is 0.245 e. The van der Waals surface area contributed by atoms with Gasteiger partial charge in [0.25, 0.3) is 0 Å². The molecule has 3 heterocycles. The molecule has 0 aromatic carbocycles. The molecule has 1 aliphatic rings. The lowest BCUT2D eigenvalue weighted by Crippen LogP contribution is -2.33. The molecular formula is C18H27N5O3. The monoisotopic (exact) mass is 361 g/mol. The van der Waals surface area contributed by atoms with Crippen LogP contribution in [0, 0.1) is 19.8 Å². The molecule has 8 heteroatoms. The topological polar surface area (TPSA) is 85.4 Å². The zero-order valence-electron chi connectivity index (χ0n) is 15.7. The fourth-order valence-electron chi connectivity index (χ4n) is 3.47. The van der Waals surface area contributed by atoms with Crippen molar-refractivity contribution in [1.82, 2.24) is 25.2 Å². The molecule has 0 unspecified atom stereocenters. The molecule has 0 bridgehead atoms. The van der Waals surface area contributed by atoms with Crippen LogP contribution in [0.5, 0.6) is 0 Å². The maximum absolute atomic E-state index is 11.6. The lowest BCUT2D eigenvalue weighted by atomic mass is 10.0. The number of amides is 1. The Hall–Kier alpha value is -2.19. The van der Waals surface area contributed by atoms with Crippen LogP contribution in [0.25, 0.3) is 0 Å². The van der Waals surface area contributed by atoms with Crippen molar-refractivity contribution in [3.05, 3.63) is 35.0 Å². The van der Waals surface area contributed by atoms with E-state index in [1.54, 1.807) is 0 Å². The highest BCUT2D eigenvalue weighted by molar-refractivity contribution is 5.77. The highest BCUT2D eigenvalue weighted by atomic mass is 16.5. The molecule has 0 saturated heterocycles. The van der Waals surface area contributed by atoms with Gasteiger partial charge in [-0.15, -0.1) is 0 Å². The number of carbonyl (C=O) groups is 1. The SMILES string of the molecule is COCC(=O)NCC[C@@H]1CN(Cc2c(C)noc2C)Cc2ccnn2C1. The Labute approximate surface area is 153 Å². The number of nitrogens with zero attached hydrogens (tertiary/aromatic N) is 4. The molecule has 1 amide bonds.